The lowest BCUT2D eigenvalue weighted by Gasteiger charge is -2.09. The molecule has 0 unspecified atom stereocenters. The van der Waals surface area contributed by atoms with Crippen LogP contribution in [0.3, 0.4) is 0 Å². The molecule has 0 aliphatic rings. The number of anilines is 1. The molecule has 0 saturated heterocycles. The Morgan fingerprint density at radius 1 is 1.05 bits per heavy atom. The second kappa shape index (κ2) is 5.45. The summed E-state index contributed by atoms with van der Waals surface area (Å²) in [5, 5.41) is -0.134. The van der Waals surface area contributed by atoms with E-state index in [9.17, 15) is 21.6 Å². The van der Waals surface area contributed by atoms with E-state index >= 15 is 0 Å². The first-order valence-electron chi connectivity index (χ1n) is 5.22. The Hall–Kier alpha value is -1.94. The van der Waals surface area contributed by atoms with Gasteiger partial charge in [-0.2, -0.15) is 13.2 Å². The summed E-state index contributed by atoms with van der Waals surface area (Å²) in [7, 11) is -4.03. The van der Waals surface area contributed by atoms with Crippen molar-refractivity contribution in [1.82, 2.24) is 15.0 Å². The Labute approximate surface area is 122 Å². The summed E-state index contributed by atoms with van der Waals surface area (Å²) < 4.78 is 62.9. The molecule has 2 aromatic heterocycles. The topological polar surface area (TPSA) is 84.8 Å². The van der Waals surface area contributed by atoms with Crippen molar-refractivity contribution in [2.75, 3.05) is 4.72 Å². The molecule has 11 heteroatoms. The number of halogens is 4. The van der Waals surface area contributed by atoms with Crippen LogP contribution in [-0.2, 0) is 16.2 Å². The van der Waals surface area contributed by atoms with Crippen LogP contribution in [0.2, 0.25) is 5.28 Å². The summed E-state index contributed by atoms with van der Waals surface area (Å²) in [6.07, 6.45) is -1.90. The van der Waals surface area contributed by atoms with Crippen LogP contribution in [0.4, 0.5) is 18.9 Å². The van der Waals surface area contributed by atoms with Gasteiger partial charge in [0.1, 0.15) is 10.6 Å². The van der Waals surface area contributed by atoms with Gasteiger partial charge in [0.2, 0.25) is 5.28 Å². The van der Waals surface area contributed by atoms with Crippen LogP contribution in [-0.4, -0.2) is 23.4 Å². The number of nitrogens with one attached hydrogen (secondary N) is 1. The summed E-state index contributed by atoms with van der Waals surface area (Å²) in [6, 6.07) is 1.61. The molecule has 2 aromatic rings. The molecule has 0 spiro atoms. The second-order valence-corrected chi connectivity index (χ2v) is 5.74. The molecule has 0 atom stereocenters. The first kappa shape index (κ1) is 15.4. The van der Waals surface area contributed by atoms with Crippen LogP contribution in [0.25, 0.3) is 0 Å². The van der Waals surface area contributed by atoms with Gasteiger partial charge in [0.25, 0.3) is 10.0 Å². The first-order valence-corrected chi connectivity index (χ1v) is 7.08. The zero-order chi connectivity index (χ0) is 15.7. The standard InChI is InChI=1S/C10H6ClF3N4O2S/c11-9-16-4-7(5-17-9)21(19,20)18-6-1-2-8(15-3-6)10(12,13)14/h1-5,18H. The minimum atomic E-state index is -4.60. The van der Waals surface area contributed by atoms with Crippen molar-refractivity contribution < 1.29 is 21.6 Å². The average molecular weight is 339 g/mol. The number of nitrogens with zero attached hydrogens (tertiary/aromatic N) is 3. The number of rotatable bonds is 3. The van der Waals surface area contributed by atoms with Gasteiger partial charge in [-0.3, -0.25) is 4.72 Å². The normalized spacial score (nSPS) is 12.2. The quantitative estimate of drug-likeness (QED) is 0.868. The summed E-state index contributed by atoms with van der Waals surface area (Å²) in [6.45, 7) is 0. The lowest BCUT2D eigenvalue weighted by molar-refractivity contribution is -0.141. The molecule has 0 amide bonds. The highest BCUT2D eigenvalue weighted by molar-refractivity contribution is 7.92. The predicted molar refractivity (Wildman–Crippen MR) is 67.1 cm³/mol. The third kappa shape index (κ3) is 3.79. The lowest BCUT2D eigenvalue weighted by Crippen LogP contribution is -2.14. The maximum Gasteiger partial charge on any atom is 0.433 e. The maximum absolute atomic E-state index is 12.3. The highest BCUT2D eigenvalue weighted by Gasteiger charge is 2.32. The van der Waals surface area contributed by atoms with Crippen LogP contribution < -0.4 is 4.72 Å². The van der Waals surface area contributed by atoms with Crippen LogP contribution in [0.1, 0.15) is 5.69 Å². The van der Waals surface area contributed by atoms with Gasteiger partial charge in [-0.25, -0.2) is 23.4 Å². The van der Waals surface area contributed by atoms with Crippen molar-refractivity contribution in [3.8, 4) is 0 Å². The summed E-state index contributed by atoms with van der Waals surface area (Å²) in [4.78, 5) is 9.86. The minimum absolute atomic E-state index is 0.127. The van der Waals surface area contributed by atoms with Gasteiger partial charge in [0, 0.05) is 0 Å². The number of alkyl halides is 3. The van der Waals surface area contributed by atoms with E-state index in [0.29, 0.717) is 6.07 Å². The molecular weight excluding hydrogens is 333 g/mol. The highest BCUT2D eigenvalue weighted by atomic mass is 35.5. The molecule has 0 aromatic carbocycles. The monoisotopic (exact) mass is 338 g/mol. The molecule has 6 nitrogen and oxygen atoms in total. The van der Waals surface area contributed by atoms with Crippen molar-refractivity contribution in [3.63, 3.8) is 0 Å². The van der Waals surface area contributed by atoms with Crippen molar-refractivity contribution in [2.24, 2.45) is 0 Å². The van der Waals surface area contributed by atoms with E-state index in [1.165, 1.54) is 0 Å². The Bertz CT molecular complexity index is 732. The molecule has 0 saturated carbocycles. The van der Waals surface area contributed by atoms with Gasteiger partial charge in [0.15, 0.2) is 0 Å². The lowest BCUT2D eigenvalue weighted by atomic mass is 10.3. The Morgan fingerprint density at radius 3 is 2.14 bits per heavy atom. The van der Waals surface area contributed by atoms with Crippen molar-refractivity contribution in [3.05, 3.63) is 41.7 Å². The van der Waals surface area contributed by atoms with Gasteiger partial charge in [-0.15, -0.1) is 0 Å². The molecule has 112 valence electrons. The van der Waals surface area contributed by atoms with Crippen LogP contribution in [0.15, 0.2) is 35.6 Å². The molecule has 0 bridgehead atoms. The van der Waals surface area contributed by atoms with Crippen molar-refractivity contribution in [1.29, 1.82) is 0 Å². The summed E-state index contributed by atoms with van der Waals surface area (Å²) in [5.74, 6) is 0. The molecule has 2 rings (SSSR count). The first-order chi connectivity index (χ1) is 9.68. The number of pyridine rings is 1. The van der Waals surface area contributed by atoms with E-state index in [1.54, 1.807) is 0 Å². The molecule has 2 heterocycles. The number of sulfonamides is 1. The number of hydrogen-bond donors (Lipinski definition) is 1. The van der Waals surface area contributed by atoms with E-state index < -0.39 is 21.9 Å². The van der Waals surface area contributed by atoms with Crippen LogP contribution in [0, 0.1) is 0 Å². The zero-order valence-corrected chi connectivity index (χ0v) is 11.5. The second-order valence-electron chi connectivity index (χ2n) is 3.72. The smallest absolute Gasteiger partial charge is 0.278 e. The predicted octanol–water partition coefficient (Wildman–Crippen LogP) is 2.34. The van der Waals surface area contributed by atoms with E-state index in [0.717, 1.165) is 24.7 Å². The van der Waals surface area contributed by atoms with Gasteiger partial charge in [0.05, 0.1) is 24.3 Å². The van der Waals surface area contributed by atoms with E-state index in [4.69, 9.17) is 11.6 Å². The molecule has 0 aliphatic heterocycles. The Kier molecular flexibility index (Phi) is 4.01. The molecule has 0 fully saturated rings. The van der Waals surface area contributed by atoms with Crippen molar-refractivity contribution in [2.45, 2.75) is 11.1 Å². The fourth-order valence-corrected chi connectivity index (χ4v) is 2.30. The minimum Gasteiger partial charge on any atom is -0.278 e. The van der Waals surface area contributed by atoms with E-state index in [1.807, 2.05) is 0 Å². The molecule has 0 radical (unpaired) electrons. The molecule has 0 aliphatic carbocycles. The Morgan fingerprint density at radius 2 is 1.67 bits per heavy atom. The van der Waals surface area contributed by atoms with Gasteiger partial charge in [-0.05, 0) is 23.7 Å². The zero-order valence-electron chi connectivity index (χ0n) is 9.96. The molecule has 21 heavy (non-hydrogen) atoms. The van der Waals surface area contributed by atoms with Crippen LogP contribution in [0.5, 0.6) is 0 Å². The van der Waals surface area contributed by atoms with E-state index in [2.05, 4.69) is 19.7 Å². The number of aromatic nitrogens is 3. The van der Waals surface area contributed by atoms with Gasteiger partial charge in [-0.1, -0.05) is 0 Å². The van der Waals surface area contributed by atoms with Gasteiger partial charge >= 0.3 is 6.18 Å². The average Bonchev–Trinajstić information content (AvgIpc) is 2.38. The maximum atomic E-state index is 12.3. The number of hydrogen-bond acceptors (Lipinski definition) is 5. The molecular formula is C10H6ClF3N4O2S. The Balaban J connectivity index is 2.23. The third-order valence-electron chi connectivity index (χ3n) is 2.21. The fraction of sp³-hybridized carbons (Fsp3) is 0.100. The van der Waals surface area contributed by atoms with Crippen LogP contribution >= 0.6 is 11.6 Å². The highest BCUT2D eigenvalue weighted by Crippen LogP contribution is 2.28. The third-order valence-corrected chi connectivity index (χ3v) is 3.74. The van der Waals surface area contributed by atoms with Crippen molar-refractivity contribution >= 4 is 27.3 Å². The largest absolute Gasteiger partial charge is 0.433 e. The van der Waals surface area contributed by atoms with E-state index in [-0.39, 0.29) is 15.9 Å². The fourth-order valence-electron chi connectivity index (χ4n) is 1.28. The SMILES string of the molecule is O=S(=O)(Nc1ccc(C(F)(F)F)nc1)c1cnc(Cl)nc1. The summed E-state index contributed by atoms with van der Waals surface area (Å²) in [5.41, 5.74) is -1.25. The molecule has 1 N–H and O–H groups in total. The van der Waals surface area contributed by atoms with Gasteiger partial charge < -0.3 is 0 Å². The summed E-state index contributed by atoms with van der Waals surface area (Å²) >= 11 is 5.43.